The van der Waals surface area contributed by atoms with Crippen LogP contribution in [-0.2, 0) is 10.2 Å². The van der Waals surface area contributed by atoms with Crippen LogP contribution in [0.15, 0.2) is 30.3 Å². The number of fused-ring (bicyclic) bond motifs is 1. The maximum Gasteiger partial charge on any atom is 0.296 e. The summed E-state index contributed by atoms with van der Waals surface area (Å²) in [7, 11) is 0. The minimum Gasteiger partial charge on any atom is -0.459 e. The molecule has 0 aliphatic carbocycles. The minimum absolute atomic E-state index is 0.0527. The van der Waals surface area contributed by atoms with Crippen LogP contribution in [0.1, 0.15) is 25.8 Å². The number of hydrogen-bond acceptors (Lipinski definition) is 7. The standard InChI is InChI=1S/C22H26ClN3O5/c1-22(2,11-28)13-5-3-12(4-6-13)19-15(23)8-16-20(25-19)26-21(24-16)31-14-7-17(29)18(9-27)30-10-14/h3-6,8,14,17-18,27-29H,7,9-11H2,1-2H3,(H,24,25,26)/t14-,17+,18-/m1/s1. The zero-order valence-corrected chi connectivity index (χ0v) is 18.1. The normalized spacial score (nSPS) is 22.1. The highest BCUT2D eigenvalue weighted by molar-refractivity contribution is 6.33. The summed E-state index contributed by atoms with van der Waals surface area (Å²) in [4.78, 5) is 12.0. The number of aliphatic hydroxyl groups is 3. The monoisotopic (exact) mass is 447 g/mol. The molecule has 0 spiro atoms. The molecule has 0 bridgehead atoms. The third kappa shape index (κ3) is 4.53. The quantitative estimate of drug-likeness (QED) is 0.458. The highest BCUT2D eigenvalue weighted by atomic mass is 35.5. The van der Waals surface area contributed by atoms with E-state index in [1.807, 2.05) is 38.1 Å². The van der Waals surface area contributed by atoms with Gasteiger partial charge in [-0.05, 0) is 11.6 Å². The number of pyridine rings is 1. The Kier molecular flexibility index (Phi) is 6.18. The molecule has 0 radical (unpaired) electrons. The molecule has 1 aliphatic rings. The van der Waals surface area contributed by atoms with Crippen LogP contribution in [0.25, 0.3) is 22.4 Å². The Morgan fingerprint density at radius 3 is 2.61 bits per heavy atom. The van der Waals surface area contributed by atoms with Crippen LogP contribution in [0.2, 0.25) is 5.02 Å². The first-order valence-corrected chi connectivity index (χ1v) is 10.5. The number of ether oxygens (including phenoxy) is 2. The fourth-order valence-corrected chi connectivity index (χ4v) is 3.83. The van der Waals surface area contributed by atoms with Crippen LogP contribution in [0.5, 0.6) is 6.01 Å². The number of nitrogens with zero attached hydrogens (tertiary/aromatic N) is 2. The second kappa shape index (κ2) is 8.72. The first kappa shape index (κ1) is 22.0. The van der Waals surface area contributed by atoms with Gasteiger partial charge < -0.3 is 29.8 Å². The lowest BCUT2D eigenvalue weighted by molar-refractivity contribution is -0.131. The van der Waals surface area contributed by atoms with Gasteiger partial charge in [0, 0.05) is 17.4 Å². The van der Waals surface area contributed by atoms with Crippen molar-refractivity contribution < 1.29 is 24.8 Å². The number of nitrogens with one attached hydrogen (secondary N) is 1. The number of halogens is 1. The van der Waals surface area contributed by atoms with Crippen molar-refractivity contribution in [1.29, 1.82) is 0 Å². The molecule has 1 aromatic carbocycles. The van der Waals surface area contributed by atoms with Crippen molar-refractivity contribution in [2.24, 2.45) is 0 Å². The number of hydrogen-bond donors (Lipinski definition) is 4. The minimum atomic E-state index is -0.800. The van der Waals surface area contributed by atoms with E-state index in [0.29, 0.717) is 28.3 Å². The zero-order valence-electron chi connectivity index (χ0n) is 17.4. The van der Waals surface area contributed by atoms with Gasteiger partial charge in [-0.2, -0.15) is 4.98 Å². The Labute approximate surface area is 184 Å². The summed E-state index contributed by atoms with van der Waals surface area (Å²) in [5.41, 5.74) is 3.22. The molecule has 0 amide bonds. The Morgan fingerprint density at radius 2 is 1.97 bits per heavy atom. The molecule has 166 valence electrons. The molecule has 1 saturated heterocycles. The second-order valence-corrected chi connectivity index (χ2v) is 8.86. The van der Waals surface area contributed by atoms with Crippen LogP contribution in [0.3, 0.4) is 0 Å². The van der Waals surface area contributed by atoms with E-state index in [2.05, 4.69) is 15.0 Å². The van der Waals surface area contributed by atoms with Crippen LogP contribution >= 0.6 is 11.6 Å². The Bertz CT molecular complexity index is 1050. The van der Waals surface area contributed by atoms with Gasteiger partial charge in [-0.1, -0.05) is 49.7 Å². The number of benzene rings is 1. The van der Waals surface area contributed by atoms with Crippen LogP contribution < -0.4 is 4.74 Å². The first-order chi connectivity index (χ1) is 14.8. The van der Waals surface area contributed by atoms with Gasteiger partial charge in [0.15, 0.2) is 5.65 Å². The van der Waals surface area contributed by atoms with E-state index < -0.39 is 18.3 Å². The molecule has 8 nitrogen and oxygen atoms in total. The molecule has 1 fully saturated rings. The number of aliphatic hydroxyl groups excluding tert-OH is 3. The summed E-state index contributed by atoms with van der Waals surface area (Å²) in [6.45, 7) is 4.02. The maximum atomic E-state index is 10.0. The number of imidazole rings is 1. The van der Waals surface area contributed by atoms with Gasteiger partial charge in [0.2, 0.25) is 0 Å². The molecule has 0 saturated carbocycles. The van der Waals surface area contributed by atoms with E-state index in [0.717, 1.165) is 11.1 Å². The third-order valence-electron chi connectivity index (χ3n) is 5.63. The molecular weight excluding hydrogens is 422 g/mol. The average Bonchev–Trinajstić information content (AvgIpc) is 3.14. The molecular formula is C22H26ClN3O5. The average molecular weight is 448 g/mol. The predicted octanol–water partition coefficient (Wildman–Crippen LogP) is 2.44. The van der Waals surface area contributed by atoms with Crippen LogP contribution in [-0.4, -0.2) is 68.4 Å². The van der Waals surface area contributed by atoms with Crippen molar-refractivity contribution in [1.82, 2.24) is 15.0 Å². The van der Waals surface area contributed by atoms with Crippen LogP contribution in [0.4, 0.5) is 0 Å². The molecule has 1 aliphatic heterocycles. The summed E-state index contributed by atoms with van der Waals surface area (Å²) < 4.78 is 11.2. The number of aromatic nitrogens is 3. The van der Waals surface area contributed by atoms with Crippen molar-refractivity contribution in [2.45, 2.75) is 44.0 Å². The second-order valence-electron chi connectivity index (χ2n) is 8.45. The Morgan fingerprint density at radius 1 is 1.23 bits per heavy atom. The third-order valence-corrected chi connectivity index (χ3v) is 5.92. The van der Waals surface area contributed by atoms with E-state index in [9.17, 15) is 10.2 Å². The van der Waals surface area contributed by atoms with Crippen molar-refractivity contribution in [3.8, 4) is 17.3 Å². The molecule has 4 rings (SSSR count). The van der Waals surface area contributed by atoms with E-state index in [4.69, 9.17) is 26.2 Å². The van der Waals surface area contributed by atoms with Crippen molar-refractivity contribution >= 4 is 22.8 Å². The molecule has 3 aromatic rings. The molecule has 9 heteroatoms. The largest absolute Gasteiger partial charge is 0.459 e. The molecule has 31 heavy (non-hydrogen) atoms. The van der Waals surface area contributed by atoms with Crippen molar-refractivity contribution in [3.05, 3.63) is 40.9 Å². The molecule has 3 heterocycles. The topological polar surface area (TPSA) is 121 Å². The van der Waals surface area contributed by atoms with Crippen molar-refractivity contribution in [3.63, 3.8) is 0 Å². The van der Waals surface area contributed by atoms with Gasteiger partial charge >= 0.3 is 0 Å². The number of rotatable bonds is 6. The molecule has 4 N–H and O–H groups in total. The highest BCUT2D eigenvalue weighted by Gasteiger charge is 2.31. The van der Waals surface area contributed by atoms with Gasteiger partial charge in [-0.3, -0.25) is 0 Å². The van der Waals surface area contributed by atoms with Gasteiger partial charge in [-0.15, -0.1) is 0 Å². The fourth-order valence-electron chi connectivity index (χ4n) is 3.57. The number of aromatic amines is 1. The van der Waals surface area contributed by atoms with Crippen molar-refractivity contribution in [2.75, 3.05) is 19.8 Å². The lowest BCUT2D eigenvalue weighted by atomic mass is 9.85. The number of H-pyrrole nitrogens is 1. The highest BCUT2D eigenvalue weighted by Crippen LogP contribution is 2.32. The first-order valence-electron chi connectivity index (χ1n) is 10.2. The van der Waals surface area contributed by atoms with Gasteiger partial charge in [0.1, 0.15) is 12.2 Å². The Hall–Kier alpha value is -2.23. The van der Waals surface area contributed by atoms with E-state index in [1.165, 1.54) is 0 Å². The van der Waals surface area contributed by atoms with Crippen LogP contribution in [0, 0.1) is 0 Å². The summed E-state index contributed by atoms with van der Waals surface area (Å²) in [6, 6.07) is 9.78. The van der Waals surface area contributed by atoms with Gasteiger partial charge in [-0.25, -0.2) is 4.98 Å². The fraction of sp³-hybridized carbons (Fsp3) is 0.455. The molecule has 2 aromatic heterocycles. The van der Waals surface area contributed by atoms with E-state index >= 15 is 0 Å². The lowest BCUT2D eigenvalue weighted by Gasteiger charge is -2.31. The lowest BCUT2D eigenvalue weighted by Crippen LogP contribution is -2.45. The zero-order chi connectivity index (χ0) is 22.2. The summed E-state index contributed by atoms with van der Waals surface area (Å²) in [5.74, 6) is 0. The predicted molar refractivity (Wildman–Crippen MR) is 116 cm³/mol. The summed E-state index contributed by atoms with van der Waals surface area (Å²) >= 11 is 6.48. The summed E-state index contributed by atoms with van der Waals surface area (Å²) in [5, 5.41) is 29.2. The molecule has 0 unspecified atom stereocenters. The molecule has 3 atom stereocenters. The van der Waals surface area contributed by atoms with Gasteiger partial charge in [0.25, 0.3) is 6.01 Å². The SMILES string of the molecule is CC(C)(CO)c1ccc(-c2nc3nc(O[C@H]4CO[C@H](CO)[C@@H](O)C4)[nH]c3cc2Cl)cc1. The smallest absolute Gasteiger partial charge is 0.296 e. The van der Waals surface area contributed by atoms with E-state index in [-0.39, 0.29) is 31.2 Å². The van der Waals surface area contributed by atoms with Gasteiger partial charge in [0.05, 0.1) is 42.2 Å². The summed E-state index contributed by atoms with van der Waals surface area (Å²) in [6.07, 6.45) is -1.45. The Balaban J connectivity index is 1.55. The van der Waals surface area contributed by atoms with E-state index in [1.54, 1.807) is 6.07 Å². The maximum absolute atomic E-state index is 10.0.